The van der Waals surface area contributed by atoms with Gasteiger partial charge in [-0.15, -0.1) is 0 Å². The van der Waals surface area contributed by atoms with E-state index in [1.54, 1.807) is 0 Å². The van der Waals surface area contributed by atoms with Crippen LogP contribution in [0.25, 0.3) is 0 Å². The Kier molecular flexibility index (Phi) is 5.94. The molecule has 2 heterocycles. The number of hydrogen-bond donors (Lipinski definition) is 2. The molecule has 2 rings (SSSR count). The number of aliphatic hydroxyl groups is 1. The minimum absolute atomic E-state index is 0. The molecule has 11 heteroatoms. The first-order valence-electron chi connectivity index (χ1n) is 6.54. The second kappa shape index (κ2) is 6.83. The molecule has 2 aliphatic heterocycles. The van der Waals surface area contributed by atoms with Crippen LogP contribution in [0.15, 0.2) is 0 Å². The molecule has 0 saturated carbocycles. The smallest absolute Gasteiger partial charge is 0.544 e. The number of ketones is 1. The zero-order valence-electron chi connectivity index (χ0n) is 12.7. The van der Waals surface area contributed by atoms with Crippen molar-refractivity contribution in [2.45, 2.75) is 31.0 Å². The average Bonchev–Trinajstić information content (AvgIpc) is 3.01. The Labute approximate surface area is 153 Å². The number of carbonyl (C=O) groups excluding carboxylic acids is 4. The van der Waals surface area contributed by atoms with Crippen molar-refractivity contribution in [3.63, 3.8) is 0 Å². The Bertz CT molecular complexity index is 555. The van der Waals surface area contributed by atoms with Gasteiger partial charge in [0, 0.05) is 12.3 Å². The summed E-state index contributed by atoms with van der Waals surface area (Å²) in [6, 6.07) is 0. The van der Waals surface area contributed by atoms with Crippen LogP contribution in [0.5, 0.6) is 0 Å². The number of ether oxygens (including phenoxy) is 1. The number of carbonyl (C=O) groups is 4. The van der Waals surface area contributed by atoms with Crippen LogP contribution in [0, 0.1) is 5.92 Å². The Morgan fingerprint density at radius 2 is 2.09 bits per heavy atom. The van der Waals surface area contributed by atoms with E-state index in [1.807, 2.05) is 0 Å². The minimum Gasteiger partial charge on any atom is -0.544 e. The van der Waals surface area contributed by atoms with Gasteiger partial charge in [0.1, 0.15) is 12.6 Å². The van der Waals surface area contributed by atoms with Gasteiger partial charge in [-0.25, -0.2) is 0 Å². The van der Waals surface area contributed by atoms with E-state index in [9.17, 15) is 24.3 Å². The Balaban J connectivity index is 0.00000264. The Morgan fingerprint density at radius 3 is 2.52 bits per heavy atom. The number of cyclic esters (lactones) is 1. The molecule has 122 valence electrons. The molecule has 2 aliphatic rings. The maximum atomic E-state index is 12.4. The summed E-state index contributed by atoms with van der Waals surface area (Å²) in [4.78, 5) is 52.0. The monoisotopic (exact) mass is 338 g/mol. The zero-order chi connectivity index (χ0) is 16.7. The predicted octanol–water partition coefficient (Wildman–Crippen LogP) is -6.56. The molecule has 0 bridgehead atoms. The second-order valence-electron chi connectivity index (χ2n) is 5.34. The molecule has 1 amide bonds. The fourth-order valence-electron chi connectivity index (χ4n) is 2.37. The Hall–Kier alpha value is -1.04. The number of aliphatic carboxylic acids is 1. The molecular weight excluding hydrogens is 323 g/mol. The van der Waals surface area contributed by atoms with Crippen molar-refractivity contribution in [1.29, 1.82) is 0 Å². The molecule has 0 aromatic carbocycles. The normalized spacial score (nSPS) is 31.5. The van der Waals surface area contributed by atoms with Crippen molar-refractivity contribution in [3.8, 4) is 0 Å². The third-order valence-electron chi connectivity index (χ3n) is 3.75. The number of rotatable bonds is 5. The number of carboxylic acids is 1. The molecule has 0 spiro atoms. The van der Waals surface area contributed by atoms with Crippen LogP contribution in [-0.4, -0.2) is 58.3 Å². The van der Waals surface area contributed by atoms with E-state index in [0.717, 1.165) is 0 Å². The second-order valence-corrected chi connectivity index (χ2v) is 5.34. The molecule has 1 unspecified atom stereocenters. The molecule has 0 aromatic rings. The molecule has 2 fully saturated rings. The maximum Gasteiger partial charge on any atom is 1.00 e. The zero-order valence-corrected chi connectivity index (χ0v) is 14.7. The van der Waals surface area contributed by atoms with E-state index >= 15 is 0 Å². The third kappa shape index (κ3) is 3.02. The third-order valence-corrected chi connectivity index (χ3v) is 3.75. The molecule has 3 N–H and O–H groups in total. The van der Waals surface area contributed by atoms with E-state index in [-0.39, 0.29) is 47.5 Å². The summed E-state index contributed by atoms with van der Waals surface area (Å²) < 4.78 is 4.69. The predicted molar refractivity (Wildman–Crippen MR) is 64.0 cm³/mol. The number of Topliss-reactive ketones (excluding diaryl/α,β-unsaturated/α-hetero) is 1. The van der Waals surface area contributed by atoms with Gasteiger partial charge in [-0.2, -0.15) is 5.06 Å². The Morgan fingerprint density at radius 1 is 1.48 bits per heavy atom. The fraction of sp³-hybridized carbons (Fsp3) is 0.667. The number of nitrogens with two attached hydrogens (primary N) is 1. The van der Waals surface area contributed by atoms with E-state index in [2.05, 4.69) is 4.74 Å². The van der Waals surface area contributed by atoms with Crippen LogP contribution in [0.1, 0.15) is 19.8 Å². The summed E-state index contributed by atoms with van der Waals surface area (Å²) in [6.07, 6.45) is -0.626. The van der Waals surface area contributed by atoms with Gasteiger partial charge < -0.3 is 25.5 Å². The fourth-order valence-corrected chi connectivity index (χ4v) is 2.37. The van der Waals surface area contributed by atoms with Crippen LogP contribution < -0.4 is 40.4 Å². The minimum atomic E-state index is -2.43. The molecule has 10 nitrogen and oxygen atoms in total. The van der Waals surface area contributed by atoms with Gasteiger partial charge in [0.2, 0.25) is 0 Å². The number of carboxylic acid groups (broad SMARTS) is 1. The molecule has 23 heavy (non-hydrogen) atoms. The summed E-state index contributed by atoms with van der Waals surface area (Å²) in [7, 11) is 0. The quantitative estimate of drug-likeness (QED) is 0.282. The van der Waals surface area contributed by atoms with Gasteiger partial charge in [-0.1, -0.05) is 6.92 Å². The number of amides is 1. The van der Waals surface area contributed by atoms with Crippen LogP contribution >= 0.6 is 0 Å². The van der Waals surface area contributed by atoms with Gasteiger partial charge in [-0.05, 0) is 0 Å². The van der Waals surface area contributed by atoms with Gasteiger partial charge in [-0.3, -0.25) is 19.2 Å². The molecular formula is C12H15N2NaO8. The van der Waals surface area contributed by atoms with Crippen molar-refractivity contribution in [2.75, 3.05) is 13.2 Å². The number of aliphatic hydroxyl groups excluding tert-OH is 1. The molecule has 2 saturated heterocycles. The van der Waals surface area contributed by atoms with E-state index < -0.39 is 54.0 Å². The summed E-state index contributed by atoms with van der Waals surface area (Å²) >= 11 is 0. The van der Waals surface area contributed by atoms with Gasteiger partial charge >= 0.3 is 35.5 Å². The van der Waals surface area contributed by atoms with Crippen LogP contribution in [0.4, 0.5) is 0 Å². The number of hydroxylamine groups is 2. The van der Waals surface area contributed by atoms with E-state index in [4.69, 9.17) is 15.7 Å². The summed E-state index contributed by atoms with van der Waals surface area (Å²) in [6.45, 7) is 0.199. The summed E-state index contributed by atoms with van der Waals surface area (Å²) in [5.41, 5.74) is 1.16. The largest absolute Gasteiger partial charge is 1.00 e. The summed E-state index contributed by atoms with van der Waals surface area (Å²) in [5, 5.41) is 20.6. The first kappa shape index (κ1) is 20.0. The van der Waals surface area contributed by atoms with Crippen LogP contribution in [0.2, 0.25) is 0 Å². The summed E-state index contributed by atoms with van der Waals surface area (Å²) in [5.74, 6) is -5.59. The first-order chi connectivity index (χ1) is 10.2. The van der Waals surface area contributed by atoms with E-state index in [1.165, 1.54) is 6.92 Å². The van der Waals surface area contributed by atoms with Gasteiger partial charge in [0.05, 0.1) is 13.0 Å². The van der Waals surface area contributed by atoms with Gasteiger partial charge in [0.25, 0.3) is 11.6 Å². The van der Waals surface area contributed by atoms with Crippen LogP contribution in [0.3, 0.4) is 0 Å². The molecule has 0 aliphatic carbocycles. The number of nitrogens with zero attached hydrogens (tertiary/aromatic N) is 1. The standard InChI is InChI=1S/C12H16N2O8.Na/c1-6(4-15)8(17)11(13)5-21-14(9(11)18)12(10(19)20)3-2-7(16)22-12;/h6,15H,2-5,13H2,1H3,(H,19,20);/q;+1/p-1/t6-,11-,12?;/m0./s1. The molecule has 0 radical (unpaired) electrons. The number of hydrogen-bond acceptors (Lipinski definition) is 9. The molecule has 0 aromatic heterocycles. The van der Waals surface area contributed by atoms with Crippen LogP contribution in [-0.2, 0) is 28.8 Å². The average molecular weight is 338 g/mol. The van der Waals surface area contributed by atoms with Crippen molar-refractivity contribution >= 4 is 23.6 Å². The SMILES string of the molecule is C[C@@H](CO)C(=O)[C@@]1(N)CON(C2(C(=O)[O-])CCC(=O)O2)C1=O.[Na+]. The number of esters is 1. The van der Waals surface area contributed by atoms with Crippen molar-refractivity contribution in [1.82, 2.24) is 5.06 Å². The van der Waals surface area contributed by atoms with Crippen molar-refractivity contribution in [2.24, 2.45) is 11.7 Å². The van der Waals surface area contributed by atoms with Crippen molar-refractivity contribution < 1.29 is 68.5 Å². The van der Waals surface area contributed by atoms with Crippen molar-refractivity contribution in [3.05, 3.63) is 0 Å². The topological polar surface area (TPSA) is 159 Å². The van der Waals surface area contributed by atoms with E-state index in [0.29, 0.717) is 0 Å². The first-order valence-corrected chi connectivity index (χ1v) is 6.54. The molecule has 3 atom stereocenters. The van der Waals surface area contributed by atoms with Gasteiger partial charge in [0.15, 0.2) is 11.3 Å². The maximum absolute atomic E-state index is 12.4.